The third-order valence-corrected chi connectivity index (χ3v) is 10.5. The van der Waals surface area contributed by atoms with Gasteiger partial charge < -0.3 is 20.1 Å². The lowest BCUT2D eigenvalue weighted by Gasteiger charge is -2.25. The molecule has 12 nitrogen and oxygen atoms in total. The molecule has 0 aromatic heterocycles. The number of hydrogen-bond donors (Lipinski definition) is 4. The van der Waals surface area contributed by atoms with E-state index in [0.717, 1.165) is 12.1 Å². The van der Waals surface area contributed by atoms with Crippen molar-refractivity contribution >= 4 is 77.8 Å². The molecule has 0 fully saturated rings. The maximum atomic E-state index is 14.3. The first-order valence-electron chi connectivity index (χ1n) is 15.7. The van der Waals surface area contributed by atoms with E-state index in [1.165, 1.54) is 97.1 Å². The fourth-order valence-electron chi connectivity index (χ4n) is 5.81. The molecule has 272 valence electrons. The zero-order valence-electron chi connectivity index (χ0n) is 27.3. The zero-order valence-corrected chi connectivity index (χ0v) is 30.4. The van der Waals surface area contributed by atoms with Gasteiger partial charge in [0.15, 0.2) is 23.1 Å². The molecule has 6 aromatic rings. The minimum Gasteiger partial charge on any atom is -0.454 e. The Morgan fingerprint density at radius 1 is 0.463 bits per heavy atom. The molecule has 1 aliphatic carbocycles. The van der Waals surface area contributed by atoms with E-state index in [9.17, 15) is 35.5 Å². The van der Waals surface area contributed by atoms with Crippen LogP contribution in [0.2, 0.25) is 10.0 Å². The second-order valence-electron chi connectivity index (χ2n) is 11.7. The number of hydrogen-bond acceptors (Lipinski definition) is 10. The van der Waals surface area contributed by atoms with Crippen LogP contribution in [0.4, 0.5) is 22.7 Å². The molecule has 6 aromatic carbocycles. The second-order valence-corrected chi connectivity index (χ2v) is 15.3. The van der Waals surface area contributed by atoms with Crippen LogP contribution in [0.5, 0.6) is 23.0 Å². The van der Waals surface area contributed by atoms with Crippen LogP contribution >= 0.6 is 23.2 Å². The van der Waals surface area contributed by atoms with Crippen LogP contribution in [0.3, 0.4) is 0 Å². The van der Waals surface area contributed by atoms with Crippen molar-refractivity contribution < 1.29 is 45.0 Å². The average Bonchev–Trinajstić information content (AvgIpc) is 3.13. The fraction of sp³-hybridized carbons (Fsp3) is 0. The van der Waals surface area contributed by atoms with Crippen molar-refractivity contribution in [1.29, 1.82) is 0 Å². The van der Waals surface area contributed by atoms with Gasteiger partial charge in [-0.3, -0.25) is 18.7 Å². The number of carbonyl (C=O) groups is 2. The van der Waals surface area contributed by atoms with Gasteiger partial charge in [0.2, 0.25) is 0 Å². The molecular weight excluding hydrogens is 779 g/mol. The molecule has 0 radical (unpaired) electrons. The predicted octanol–water partition coefficient (Wildman–Crippen LogP) is 9.33. The van der Waals surface area contributed by atoms with Crippen molar-refractivity contribution in [2.75, 3.05) is 10.6 Å². The Morgan fingerprint density at radius 3 is 1.19 bits per heavy atom. The standard InChI is InChI=1S/C38H24Cl2N2O10S2/c39-21-11-15-23(16-12-21)51-37-29(7-3-9-31(37)53(45,46)47)41-27-19-20-28(34-33(27)35(43)25-5-1-2-6-26(25)36(34)44)42-30-8-4-10-32(54(48,49)50)38(30)52-24-17-13-22(40)14-18-24/h1-20,41-42H,(H,45,46,47)(H,48,49,50). The summed E-state index contributed by atoms with van der Waals surface area (Å²) >= 11 is 12.0. The molecule has 0 atom stereocenters. The molecule has 0 saturated heterocycles. The molecule has 7 rings (SSSR count). The Kier molecular flexibility index (Phi) is 9.66. The van der Waals surface area contributed by atoms with E-state index in [4.69, 9.17) is 32.7 Å². The summed E-state index contributed by atoms with van der Waals surface area (Å²) in [4.78, 5) is 27.4. The maximum absolute atomic E-state index is 14.3. The average molecular weight is 804 g/mol. The Labute approximate surface area is 318 Å². The number of nitrogens with one attached hydrogen (secondary N) is 2. The lowest BCUT2D eigenvalue weighted by molar-refractivity contribution is 0.0980. The lowest BCUT2D eigenvalue weighted by atomic mass is 9.82. The highest BCUT2D eigenvalue weighted by Crippen LogP contribution is 2.44. The zero-order chi connectivity index (χ0) is 38.4. The van der Waals surface area contributed by atoms with E-state index < -0.39 is 41.6 Å². The van der Waals surface area contributed by atoms with Crippen molar-refractivity contribution in [2.24, 2.45) is 0 Å². The highest BCUT2D eigenvalue weighted by atomic mass is 35.5. The third kappa shape index (κ3) is 7.26. The quantitative estimate of drug-likeness (QED) is 0.0962. The van der Waals surface area contributed by atoms with E-state index in [1.807, 2.05) is 0 Å². The highest BCUT2D eigenvalue weighted by molar-refractivity contribution is 7.86. The first-order valence-corrected chi connectivity index (χ1v) is 19.3. The van der Waals surface area contributed by atoms with Gasteiger partial charge in [-0.05, 0) is 84.9 Å². The molecule has 0 bridgehead atoms. The second kappa shape index (κ2) is 14.2. The number of halogens is 2. The number of fused-ring (bicyclic) bond motifs is 2. The van der Waals surface area contributed by atoms with Gasteiger partial charge in [-0.25, -0.2) is 0 Å². The summed E-state index contributed by atoms with van der Waals surface area (Å²) < 4.78 is 82.0. The number of rotatable bonds is 10. The molecule has 0 unspecified atom stereocenters. The largest absolute Gasteiger partial charge is 0.454 e. The first-order chi connectivity index (χ1) is 25.7. The van der Waals surface area contributed by atoms with Crippen LogP contribution in [0, 0.1) is 0 Å². The van der Waals surface area contributed by atoms with Gasteiger partial charge in [0.05, 0.1) is 33.9 Å². The number of carbonyl (C=O) groups excluding carboxylic acids is 2. The van der Waals surface area contributed by atoms with E-state index >= 15 is 0 Å². The van der Waals surface area contributed by atoms with E-state index in [1.54, 1.807) is 12.1 Å². The van der Waals surface area contributed by atoms with Crippen LogP contribution in [0.25, 0.3) is 0 Å². The predicted molar refractivity (Wildman–Crippen MR) is 202 cm³/mol. The molecule has 0 amide bonds. The van der Waals surface area contributed by atoms with Gasteiger partial charge in [-0.15, -0.1) is 0 Å². The number of para-hydroxylation sites is 2. The summed E-state index contributed by atoms with van der Waals surface area (Å²) in [7, 11) is -9.68. The molecule has 4 N–H and O–H groups in total. The molecule has 0 heterocycles. The van der Waals surface area contributed by atoms with Crippen LogP contribution < -0.4 is 20.1 Å². The number of ketones is 2. The summed E-state index contributed by atoms with van der Waals surface area (Å²) in [5.41, 5.74) is 0.0684. The minimum absolute atomic E-state index is 0.00148. The highest BCUT2D eigenvalue weighted by Gasteiger charge is 2.35. The SMILES string of the molecule is O=C1c2ccccc2C(=O)c2c(Nc3cccc(S(=O)(=O)O)c3Oc3ccc(Cl)cc3)ccc(Nc3cccc(S(=O)(=O)O)c3Oc3ccc(Cl)cc3)c21. The van der Waals surface area contributed by atoms with Gasteiger partial charge in [0, 0.05) is 21.2 Å². The summed E-state index contributed by atoms with van der Waals surface area (Å²) in [6.45, 7) is 0. The molecule has 1 aliphatic rings. The van der Waals surface area contributed by atoms with E-state index in [2.05, 4.69) is 10.6 Å². The van der Waals surface area contributed by atoms with Crippen molar-refractivity contribution in [2.45, 2.75) is 9.79 Å². The Bertz CT molecular complexity index is 2540. The lowest BCUT2D eigenvalue weighted by Crippen LogP contribution is -2.23. The van der Waals surface area contributed by atoms with E-state index in [0.29, 0.717) is 10.0 Å². The summed E-state index contributed by atoms with van der Waals surface area (Å²) in [5.74, 6) is -1.43. The summed E-state index contributed by atoms with van der Waals surface area (Å²) in [5, 5.41) is 6.82. The van der Waals surface area contributed by atoms with Crippen molar-refractivity contribution in [3.63, 3.8) is 0 Å². The molecule has 16 heteroatoms. The molecule has 0 spiro atoms. The van der Waals surface area contributed by atoms with Crippen LogP contribution in [-0.2, 0) is 20.2 Å². The van der Waals surface area contributed by atoms with Crippen molar-refractivity contribution in [1.82, 2.24) is 0 Å². The summed E-state index contributed by atoms with van der Waals surface area (Å²) in [6, 6.07) is 28.9. The Morgan fingerprint density at radius 2 is 0.833 bits per heavy atom. The number of benzene rings is 6. The molecular formula is C38H24Cl2N2O10S2. The molecule has 0 aliphatic heterocycles. The monoisotopic (exact) mass is 802 g/mol. The summed E-state index contributed by atoms with van der Waals surface area (Å²) in [6.07, 6.45) is 0. The smallest absolute Gasteiger partial charge is 0.298 e. The van der Waals surface area contributed by atoms with Crippen molar-refractivity contribution in [3.8, 4) is 23.0 Å². The van der Waals surface area contributed by atoms with Crippen molar-refractivity contribution in [3.05, 3.63) is 154 Å². The topological polar surface area (TPSA) is 185 Å². The third-order valence-electron chi connectivity index (χ3n) is 8.20. The van der Waals surface area contributed by atoms with Gasteiger partial charge >= 0.3 is 0 Å². The maximum Gasteiger partial charge on any atom is 0.298 e. The Hall–Kier alpha value is -5.74. The number of ether oxygens (including phenoxy) is 2. The first kappa shape index (κ1) is 36.6. The number of anilines is 4. The Balaban J connectivity index is 1.39. The minimum atomic E-state index is -4.84. The normalized spacial score (nSPS) is 12.4. The van der Waals surface area contributed by atoms with Crippen LogP contribution in [0.1, 0.15) is 31.8 Å². The van der Waals surface area contributed by atoms with E-state index in [-0.39, 0.29) is 68.0 Å². The van der Waals surface area contributed by atoms with Gasteiger partial charge in [0.25, 0.3) is 20.2 Å². The van der Waals surface area contributed by atoms with Crippen LogP contribution in [-0.4, -0.2) is 37.5 Å². The van der Waals surface area contributed by atoms with Gasteiger partial charge in [0.1, 0.15) is 21.3 Å². The fourth-order valence-corrected chi connectivity index (χ4v) is 7.33. The molecule has 54 heavy (non-hydrogen) atoms. The van der Waals surface area contributed by atoms with Crippen LogP contribution in [0.15, 0.2) is 131 Å². The molecule has 0 saturated carbocycles. The van der Waals surface area contributed by atoms with Gasteiger partial charge in [-0.2, -0.15) is 16.8 Å². The van der Waals surface area contributed by atoms with Gasteiger partial charge in [-0.1, -0.05) is 59.6 Å².